The summed E-state index contributed by atoms with van der Waals surface area (Å²) in [5, 5.41) is 21.4. The van der Waals surface area contributed by atoms with Crippen molar-refractivity contribution in [2.45, 2.75) is 132 Å². The Balaban J connectivity index is 1.80. The van der Waals surface area contributed by atoms with E-state index in [1.807, 2.05) is 0 Å². The number of carbonyl (C=O) groups is 2. The van der Waals surface area contributed by atoms with Crippen LogP contribution >= 0.6 is 0 Å². The number of hydrogen-bond acceptors (Lipinski definition) is 4. The smallest absolute Gasteiger partial charge is 0.306 e. The molecule has 0 aliphatic heterocycles. The molecule has 5 heteroatoms. The second-order valence-electron chi connectivity index (χ2n) is 15.9. The van der Waals surface area contributed by atoms with Crippen LogP contribution in [-0.4, -0.2) is 34.4 Å². The number of aliphatic carboxylic acids is 1. The van der Waals surface area contributed by atoms with Gasteiger partial charge in [0.05, 0.1) is 12.0 Å². The highest BCUT2D eigenvalue weighted by molar-refractivity contribution is 5.71. The van der Waals surface area contributed by atoms with Crippen molar-refractivity contribution in [2.75, 3.05) is 0 Å². The van der Waals surface area contributed by atoms with E-state index in [1.54, 1.807) is 0 Å². The first-order chi connectivity index (χ1) is 18.1. The van der Waals surface area contributed by atoms with Gasteiger partial charge in [0, 0.05) is 12.8 Å². The Hall–Kier alpha value is -1.10. The van der Waals surface area contributed by atoms with Gasteiger partial charge in [0.25, 0.3) is 0 Å². The van der Waals surface area contributed by atoms with E-state index in [-0.39, 0.29) is 46.3 Å². The third kappa shape index (κ3) is 4.99. The first kappa shape index (κ1) is 30.8. The molecule has 4 fully saturated rings. The summed E-state index contributed by atoms with van der Waals surface area (Å²) in [7, 11) is 0. The maximum atomic E-state index is 12.9. The highest BCUT2D eigenvalue weighted by Crippen LogP contribution is 2.76. The lowest BCUT2D eigenvalue weighted by Crippen LogP contribution is -2.65. The summed E-state index contributed by atoms with van der Waals surface area (Å²) in [6.45, 7) is 20.4. The van der Waals surface area contributed by atoms with E-state index < -0.39 is 11.9 Å². The summed E-state index contributed by atoms with van der Waals surface area (Å²) < 4.78 is 6.09. The molecule has 5 nitrogen and oxygen atoms in total. The number of ether oxygens (including phenoxy) is 1. The molecule has 39 heavy (non-hydrogen) atoms. The fourth-order valence-corrected chi connectivity index (χ4v) is 11.3. The number of fused-ring (bicyclic) bond motifs is 5. The van der Waals surface area contributed by atoms with Crippen molar-refractivity contribution in [3.8, 4) is 0 Å². The van der Waals surface area contributed by atoms with Gasteiger partial charge in [0.1, 0.15) is 6.10 Å². The Morgan fingerprint density at radius 1 is 0.974 bits per heavy atom. The fourth-order valence-electron chi connectivity index (χ4n) is 11.3. The lowest BCUT2D eigenvalue weighted by atomic mass is 9.34. The topological polar surface area (TPSA) is 83.8 Å². The minimum Gasteiger partial charge on any atom is -0.481 e. The van der Waals surface area contributed by atoms with Crippen LogP contribution in [0.25, 0.3) is 0 Å². The van der Waals surface area contributed by atoms with Gasteiger partial charge in [0.2, 0.25) is 0 Å². The average molecular weight is 547 g/mol. The zero-order valence-electron chi connectivity index (χ0n) is 26.3. The second kappa shape index (κ2) is 11.0. The average Bonchev–Trinajstić information content (AvgIpc) is 3.10. The van der Waals surface area contributed by atoms with Crippen LogP contribution in [0.1, 0.15) is 120 Å². The van der Waals surface area contributed by atoms with Crippen molar-refractivity contribution < 1.29 is 24.5 Å². The van der Waals surface area contributed by atoms with E-state index in [4.69, 9.17) is 4.74 Å². The summed E-state index contributed by atoms with van der Waals surface area (Å²) in [5.41, 5.74) is 0.103. The summed E-state index contributed by atoms with van der Waals surface area (Å²) in [5.74, 6) is 1.48. The van der Waals surface area contributed by atoms with Gasteiger partial charge in [-0.2, -0.15) is 0 Å². The Morgan fingerprint density at radius 2 is 1.64 bits per heavy atom. The largest absolute Gasteiger partial charge is 0.481 e. The SMILES string of the molecule is CC(=O)O[C@H]1C[C@@]2(C)[C@@H](CC(C(C)C)[C@H]3[C@@]4(C)CC[C@@H](O)[C@@H](C)[C@@H]4CC[C@@]32C)C1C(CCCC(C)C)C(=O)O. The highest BCUT2D eigenvalue weighted by Gasteiger charge is 2.72. The molecular weight excluding hydrogens is 488 g/mol. The number of aliphatic hydroxyl groups is 1. The van der Waals surface area contributed by atoms with Gasteiger partial charge in [-0.1, -0.05) is 68.2 Å². The number of rotatable bonds is 8. The van der Waals surface area contributed by atoms with Gasteiger partial charge in [-0.25, -0.2) is 0 Å². The molecular formula is C34H58O5. The number of esters is 1. The summed E-state index contributed by atoms with van der Waals surface area (Å²) >= 11 is 0. The van der Waals surface area contributed by atoms with Gasteiger partial charge in [-0.05, 0) is 103 Å². The number of carboxylic acid groups (broad SMARTS) is 1. The molecule has 0 aromatic rings. The number of aliphatic hydroxyl groups excluding tert-OH is 1. The van der Waals surface area contributed by atoms with Crippen LogP contribution in [0.2, 0.25) is 0 Å². The lowest BCUT2D eigenvalue weighted by Gasteiger charge is -2.70. The molecule has 224 valence electrons. The number of carboxylic acids is 1. The van der Waals surface area contributed by atoms with Gasteiger partial charge < -0.3 is 14.9 Å². The highest BCUT2D eigenvalue weighted by atomic mass is 16.5. The molecule has 0 radical (unpaired) electrons. The fraction of sp³-hybridized carbons (Fsp3) is 0.941. The Bertz CT molecular complexity index is 913. The zero-order chi connectivity index (χ0) is 29.1. The van der Waals surface area contributed by atoms with Crippen LogP contribution in [-0.2, 0) is 14.3 Å². The van der Waals surface area contributed by atoms with Crippen molar-refractivity contribution in [1.29, 1.82) is 0 Å². The molecule has 0 bridgehead atoms. The van der Waals surface area contributed by atoms with Gasteiger partial charge in [-0.15, -0.1) is 0 Å². The molecule has 0 spiro atoms. The lowest BCUT2D eigenvalue weighted by molar-refractivity contribution is -0.231. The second-order valence-corrected chi connectivity index (χ2v) is 15.9. The maximum absolute atomic E-state index is 12.9. The first-order valence-electron chi connectivity index (χ1n) is 16.2. The molecule has 12 atom stereocenters. The Morgan fingerprint density at radius 3 is 2.21 bits per heavy atom. The molecule has 0 aromatic carbocycles. The third-order valence-electron chi connectivity index (χ3n) is 13.3. The zero-order valence-corrected chi connectivity index (χ0v) is 26.3. The van der Waals surface area contributed by atoms with Crippen LogP contribution in [0, 0.1) is 69.5 Å². The van der Waals surface area contributed by atoms with Gasteiger partial charge in [-0.3, -0.25) is 9.59 Å². The minimum absolute atomic E-state index is 0.0340. The Kier molecular flexibility index (Phi) is 8.66. The molecule has 0 heterocycles. The third-order valence-corrected chi connectivity index (χ3v) is 13.3. The molecule has 0 saturated heterocycles. The van der Waals surface area contributed by atoms with E-state index in [2.05, 4.69) is 55.4 Å². The summed E-state index contributed by atoms with van der Waals surface area (Å²) in [6.07, 6.45) is 8.00. The number of hydrogen-bond donors (Lipinski definition) is 2. The maximum Gasteiger partial charge on any atom is 0.306 e. The molecule has 4 aliphatic rings. The molecule has 0 aromatic heterocycles. The summed E-state index contributed by atoms with van der Waals surface area (Å²) in [6, 6.07) is 0. The minimum atomic E-state index is -0.718. The predicted molar refractivity (Wildman–Crippen MR) is 155 cm³/mol. The van der Waals surface area contributed by atoms with Crippen LogP contribution in [0.3, 0.4) is 0 Å². The van der Waals surface area contributed by atoms with Crippen LogP contribution < -0.4 is 0 Å². The Labute approximate surface area is 238 Å². The molecule has 4 saturated carbocycles. The van der Waals surface area contributed by atoms with E-state index in [0.29, 0.717) is 41.9 Å². The van der Waals surface area contributed by atoms with E-state index >= 15 is 0 Å². The molecule has 0 amide bonds. The normalized spacial score (nSPS) is 46.4. The van der Waals surface area contributed by atoms with Crippen LogP contribution in [0.5, 0.6) is 0 Å². The standard InChI is InChI=1S/C34H58O5/c1-19(2)11-10-12-23(31(37)38)29-26-17-24(20(3)4)30-32(7)15-14-27(36)21(5)25(32)13-16-33(30,8)34(26,9)18-28(29)39-22(6)35/h19-21,23-30,36H,10-18H2,1-9H3,(H,37,38)/t21-,23?,24?,25-,26-,27+,28-,29?,30-,32-,33-,34-/m0/s1. The summed E-state index contributed by atoms with van der Waals surface area (Å²) in [4.78, 5) is 25.3. The van der Waals surface area contributed by atoms with Crippen molar-refractivity contribution >= 4 is 11.9 Å². The van der Waals surface area contributed by atoms with Gasteiger partial charge in [0.15, 0.2) is 0 Å². The van der Waals surface area contributed by atoms with Crippen molar-refractivity contribution in [3.63, 3.8) is 0 Å². The van der Waals surface area contributed by atoms with Crippen molar-refractivity contribution in [1.82, 2.24) is 0 Å². The van der Waals surface area contributed by atoms with E-state index in [9.17, 15) is 19.8 Å². The number of carbonyl (C=O) groups excluding carboxylic acids is 1. The predicted octanol–water partition coefficient (Wildman–Crippen LogP) is 7.59. The molecule has 4 rings (SSSR count). The van der Waals surface area contributed by atoms with Gasteiger partial charge >= 0.3 is 11.9 Å². The molecule has 2 N–H and O–H groups in total. The van der Waals surface area contributed by atoms with E-state index in [1.165, 1.54) is 6.92 Å². The quantitative estimate of drug-likeness (QED) is 0.306. The monoisotopic (exact) mass is 546 g/mol. The molecule has 4 aliphatic carbocycles. The first-order valence-corrected chi connectivity index (χ1v) is 16.2. The van der Waals surface area contributed by atoms with E-state index in [0.717, 1.165) is 51.4 Å². The van der Waals surface area contributed by atoms with Crippen LogP contribution in [0.4, 0.5) is 0 Å². The molecule has 3 unspecified atom stereocenters. The van der Waals surface area contributed by atoms with Crippen molar-refractivity contribution in [3.05, 3.63) is 0 Å². The van der Waals surface area contributed by atoms with Crippen LogP contribution in [0.15, 0.2) is 0 Å². The van der Waals surface area contributed by atoms with Crippen molar-refractivity contribution in [2.24, 2.45) is 69.5 Å².